The molecule has 0 aromatic heterocycles. The highest BCUT2D eigenvalue weighted by Crippen LogP contribution is 2.23. The summed E-state index contributed by atoms with van der Waals surface area (Å²) >= 11 is 0. The van der Waals surface area contributed by atoms with Gasteiger partial charge in [-0.3, -0.25) is 0 Å². The van der Waals surface area contributed by atoms with Crippen LogP contribution in [-0.2, 0) is 16.4 Å². The zero-order valence-corrected chi connectivity index (χ0v) is 12.8. The standard InChI is InChI=1S/C14H24N2O2S/c1-4-6-7-10-16(3)19(17,18)14-11-13(15)9-8-12(14)5-2/h8-9,11H,4-7,10,15H2,1-3H3. The van der Waals surface area contributed by atoms with Gasteiger partial charge in [-0.1, -0.05) is 32.8 Å². The van der Waals surface area contributed by atoms with Crippen LogP contribution in [0.25, 0.3) is 0 Å². The Balaban J connectivity index is 3.02. The molecular formula is C14H24N2O2S. The molecule has 0 atom stereocenters. The van der Waals surface area contributed by atoms with E-state index in [9.17, 15) is 8.42 Å². The molecule has 0 amide bonds. The quantitative estimate of drug-likeness (QED) is 0.618. The van der Waals surface area contributed by atoms with E-state index in [1.54, 1.807) is 25.2 Å². The number of aryl methyl sites for hydroxylation is 1. The summed E-state index contributed by atoms with van der Waals surface area (Å²) in [4.78, 5) is 0.342. The average molecular weight is 284 g/mol. The molecule has 0 spiro atoms. The molecule has 0 heterocycles. The van der Waals surface area contributed by atoms with Crippen molar-refractivity contribution in [3.63, 3.8) is 0 Å². The summed E-state index contributed by atoms with van der Waals surface area (Å²) in [5.41, 5.74) is 7.02. The van der Waals surface area contributed by atoms with Crippen molar-refractivity contribution in [3.05, 3.63) is 23.8 Å². The van der Waals surface area contributed by atoms with Gasteiger partial charge in [-0.2, -0.15) is 0 Å². The third-order valence-corrected chi connectivity index (χ3v) is 5.18. The van der Waals surface area contributed by atoms with Crippen LogP contribution >= 0.6 is 0 Å². The molecule has 0 saturated heterocycles. The summed E-state index contributed by atoms with van der Waals surface area (Å²) in [5.74, 6) is 0. The lowest BCUT2D eigenvalue weighted by Crippen LogP contribution is -2.28. The number of hydrogen-bond acceptors (Lipinski definition) is 3. The minimum absolute atomic E-state index is 0.342. The van der Waals surface area contributed by atoms with E-state index < -0.39 is 10.0 Å². The number of unbranched alkanes of at least 4 members (excludes halogenated alkanes) is 2. The summed E-state index contributed by atoms with van der Waals surface area (Å²) in [5, 5.41) is 0. The molecule has 1 aromatic carbocycles. The predicted octanol–water partition coefficient (Wildman–Crippen LogP) is 2.64. The van der Waals surface area contributed by atoms with Crippen molar-refractivity contribution < 1.29 is 8.42 Å². The highest BCUT2D eigenvalue weighted by molar-refractivity contribution is 7.89. The van der Waals surface area contributed by atoms with E-state index in [1.807, 2.05) is 6.92 Å². The maximum absolute atomic E-state index is 12.5. The van der Waals surface area contributed by atoms with Crippen LogP contribution in [0.4, 0.5) is 5.69 Å². The Morgan fingerprint density at radius 2 is 1.89 bits per heavy atom. The topological polar surface area (TPSA) is 63.4 Å². The van der Waals surface area contributed by atoms with E-state index in [4.69, 9.17) is 5.73 Å². The molecule has 0 aliphatic rings. The number of sulfonamides is 1. The summed E-state index contributed by atoms with van der Waals surface area (Å²) in [7, 11) is -1.80. The Kier molecular flexibility index (Phi) is 5.82. The molecule has 0 fully saturated rings. The first kappa shape index (κ1) is 16.0. The lowest BCUT2D eigenvalue weighted by Gasteiger charge is -2.19. The largest absolute Gasteiger partial charge is 0.399 e. The third-order valence-electron chi connectivity index (χ3n) is 3.24. The Hall–Kier alpha value is -1.07. The fraction of sp³-hybridized carbons (Fsp3) is 0.571. The van der Waals surface area contributed by atoms with Crippen molar-refractivity contribution in [2.45, 2.75) is 44.4 Å². The van der Waals surface area contributed by atoms with Crippen molar-refractivity contribution in [3.8, 4) is 0 Å². The first-order chi connectivity index (χ1) is 8.93. The third kappa shape index (κ3) is 3.94. The molecule has 0 aliphatic heterocycles. The fourth-order valence-electron chi connectivity index (χ4n) is 1.98. The van der Waals surface area contributed by atoms with Crippen LogP contribution in [0.2, 0.25) is 0 Å². The van der Waals surface area contributed by atoms with Crippen molar-refractivity contribution in [2.24, 2.45) is 0 Å². The summed E-state index contributed by atoms with van der Waals surface area (Å²) in [6.07, 6.45) is 3.68. The Labute approximate surface area is 116 Å². The first-order valence-corrected chi connectivity index (χ1v) is 8.22. The van der Waals surface area contributed by atoms with Crippen molar-refractivity contribution in [1.82, 2.24) is 4.31 Å². The van der Waals surface area contributed by atoms with E-state index in [2.05, 4.69) is 6.92 Å². The number of nitrogens with two attached hydrogens (primary N) is 1. The summed E-state index contributed by atoms with van der Waals surface area (Å²) < 4.78 is 26.5. The Morgan fingerprint density at radius 3 is 2.47 bits per heavy atom. The van der Waals surface area contributed by atoms with Gasteiger partial charge in [0.2, 0.25) is 10.0 Å². The zero-order chi connectivity index (χ0) is 14.5. The number of rotatable bonds is 7. The molecule has 0 saturated carbocycles. The zero-order valence-electron chi connectivity index (χ0n) is 12.0. The van der Waals surface area contributed by atoms with E-state index in [0.717, 1.165) is 24.8 Å². The smallest absolute Gasteiger partial charge is 0.243 e. The van der Waals surface area contributed by atoms with Crippen LogP contribution < -0.4 is 5.73 Å². The monoisotopic (exact) mass is 284 g/mol. The number of nitrogen functional groups attached to an aromatic ring is 1. The Morgan fingerprint density at radius 1 is 1.21 bits per heavy atom. The molecule has 0 bridgehead atoms. The number of nitrogens with zero attached hydrogens (tertiary/aromatic N) is 1. The first-order valence-electron chi connectivity index (χ1n) is 6.78. The SMILES string of the molecule is CCCCCN(C)S(=O)(=O)c1cc(N)ccc1CC. The molecule has 0 unspecified atom stereocenters. The predicted molar refractivity (Wildman–Crippen MR) is 79.6 cm³/mol. The van der Waals surface area contributed by atoms with Crippen LogP contribution in [0, 0.1) is 0 Å². The lowest BCUT2D eigenvalue weighted by molar-refractivity contribution is 0.453. The van der Waals surface area contributed by atoms with Gasteiger partial charge in [0.15, 0.2) is 0 Å². The van der Waals surface area contributed by atoms with E-state index in [-0.39, 0.29) is 0 Å². The van der Waals surface area contributed by atoms with Gasteiger partial charge < -0.3 is 5.73 Å². The van der Waals surface area contributed by atoms with E-state index in [0.29, 0.717) is 23.5 Å². The van der Waals surface area contributed by atoms with Crippen molar-refractivity contribution in [1.29, 1.82) is 0 Å². The van der Waals surface area contributed by atoms with Crippen LogP contribution in [0.15, 0.2) is 23.1 Å². The second-order valence-electron chi connectivity index (χ2n) is 4.75. The molecule has 0 radical (unpaired) electrons. The molecule has 0 aliphatic carbocycles. The Bertz CT molecular complexity index is 512. The highest BCUT2D eigenvalue weighted by atomic mass is 32.2. The van der Waals surface area contributed by atoms with Crippen LogP contribution in [-0.4, -0.2) is 26.3 Å². The summed E-state index contributed by atoms with van der Waals surface area (Å²) in [6.45, 7) is 4.59. The van der Waals surface area contributed by atoms with Gasteiger partial charge in [0, 0.05) is 19.3 Å². The van der Waals surface area contributed by atoms with Crippen LogP contribution in [0.3, 0.4) is 0 Å². The van der Waals surface area contributed by atoms with Gasteiger partial charge in [0.05, 0.1) is 4.90 Å². The molecule has 1 rings (SSSR count). The van der Waals surface area contributed by atoms with Crippen molar-refractivity contribution >= 4 is 15.7 Å². The van der Waals surface area contributed by atoms with Gasteiger partial charge in [0.1, 0.15) is 0 Å². The molecule has 2 N–H and O–H groups in total. The van der Waals surface area contributed by atoms with Gasteiger partial charge in [-0.05, 0) is 30.5 Å². The fourth-order valence-corrected chi connectivity index (χ4v) is 3.51. The maximum Gasteiger partial charge on any atom is 0.243 e. The van der Waals surface area contributed by atoms with Gasteiger partial charge in [-0.15, -0.1) is 0 Å². The minimum Gasteiger partial charge on any atom is -0.399 e. The number of hydrogen-bond donors (Lipinski definition) is 1. The molecule has 108 valence electrons. The van der Waals surface area contributed by atoms with Crippen molar-refractivity contribution in [2.75, 3.05) is 19.3 Å². The second-order valence-corrected chi connectivity index (χ2v) is 6.77. The normalized spacial score (nSPS) is 12.0. The minimum atomic E-state index is -3.43. The lowest BCUT2D eigenvalue weighted by atomic mass is 10.1. The molecule has 4 nitrogen and oxygen atoms in total. The number of benzene rings is 1. The highest BCUT2D eigenvalue weighted by Gasteiger charge is 2.23. The molecule has 1 aromatic rings. The maximum atomic E-state index is 12.5. The van der Waals surface area contributed by atoms with Gasteiger partial charge in [0.25, 0.3) is 0 Å². The van der Waals surface area contributed by atoms with E-state index in [1.165, 1.54) is 4.31 Å². The van der Waals surface area contributed by atoms with Gasteiger partial charge >= 0.3 is 0 Å². The molecule has 5 heteroatoms. The number of anilines is 1. The van der Waals surface area contributed by atoms with Crippen LogP contribution in [0.1, 0.15) is 38.7 Å². The summed E-state index contributed by atoms with van der Waals surface area (Å²) in [6, 6.07) is 5.10. The molecular weight excluding hydrogens is 260 g/mol. The molecule has 19 heavy (non-hydrogen) atoms. The van der Waals surface area contributed by atoms with E-state index >= 15 is 0 Å². The average Bonchev–Trinajstić information content (AvgIpc) is 2.38. The van der Waals surface area contributed by atoms with Crippen LogP contribution in [0.5, 0.6) is 0 Å². The van der Waals surface area contributed by atoms with Gasteiger partial charge in [-0.25, -0.2) is 12.7 Å². The second kappa shape index (κ2) is 6.91.